The number of rotatable bonds is 6. The summed E-state index contributed by atoms with van der Waals surface area (Å²) in [5.41, 5.74) is 3.98. The minimum atomic E-state index is -0.330. The number of aromatic nitrogens is 1. The number of allylic oxidation sites excluding steroid dienone is 1. The van der Waals surface area contributed by atoms with Gasteiger partial charge in [-0.15, -0.1) is 0 Å². The van der Waals surface area contributed by atoms with Crippen molar-refractivity contribution in [2.24, 2.45) is 5.92 Å². The standard InChI is InChI=1S/C27H36N2O5/c1-17(2)6-9-22-26(4,34-22)24-23(31-5)21(10-11-27(24)16-32-27)33-25(30)29-14-20(15-29)12-19-8-7-18(3)28-13-19/h6-8,12-13,21-24H,9-11,14-16H2,1-5H3/t21-,22-,23-,24?,26+,27+/m1/s1. The fraction of sp³-hybridized carbons (Fsp3) is 0.630. The molecule has 1 amide bonds. The molecule has 3 aliphatic heterocycles. The smallest absolute Gasteiger partial charge is 0.410 e. The molecule has 34 heavy (non-hydrogen) atoms. The van der Waals surface area contributed by atoms with Crippen molar-refractivity contribution in [1.29, 1.82) is 0 Å². The van der Waals surface area contributed by atoms with Crippen molar-refractivity contribution in [2.75, 3.05) is 26.8 Å². The van der Waals surface area contributed by atoms with Crippen LogP contribution in [0.15, 0.2) is 35.6 Å². The maximum absolute atomic E-state index is 12.9. The van der Waals surface area contributed by atoms with Gasteiger partial charge < -0.3 is 23.8 Å². The Morgan fingerprint density at radius 2 is 2.09 bits per heavy atom. The number of amides is 1. The van der Waals surface area contributed by atoms with E-state index in [0.29, 0.717) is 13.1 Å². The van der Waals surface area contributed by atoms with E-state index in [9.17, 15) is 4.79 Å². The average molecular weight is 469 g/mol. The third kappa shape index (κ3) is 4.41. The summed E-state index contributed by atoms with van der Waals surface area (Å²) in [6, 6.07) is 4.04. The highest BCUT2D eigenvalue weighted by molar-refractivity contribution is 5.72. The number of epoxide rings is 2. The molecule has 1 aromatic heterocycles. The van der Waals surface area contributed by atoms with Crippen LogP contribution in [0.25, 0.3) is 6.08 Å². The molecule has 0 bridgehead atoms. The Balaban J connectivity index is 1.22. The molecule has 0 aromatic carbocycles. The summed E-state index contributed by atoms with van der Waals surface area (Å²) < 4.78 is 24.2. The van der Waals surface area contributed by atoms with Gasteiger partial charge in [0, 0.05) is 32.1 Å². The average Bonchev–Trinajstić information content (AvgIpc) is 3.68. The predicted octanol–water partition coefficient (Wildman–Crippen LogP) is 4.30. The lowest BCUT2D eigenvalue weighted by Gasteiger charge is -2.43. The molecule has 0 radical (unpaired) electrons. The molecule has 7 heteroatoms. The summed E-state index contributed by atoms with van der Waals surface area (Å²) in [4.78, 5) is 19.0. The third-order valence-electron chi connectivity index (χ3n) is 7.84. The van der Waals surface area contributed by atoms with Crippen LogP contribution in [0.5, 0.6) is 0 Å². The Morgan fingerprint density at radius 1 is 1.32 bits per heavy atom. The Morgan fingerprint density at radius 3 is 2.71 bits per heavy atom. The number of aryl methyl sites for hydroxylation is 1. The molecule has 1 spiro atoms. The van der Waals surface area contributed by atoms with Crippen LogP contribution in [0.1, 0.15) is 51.3 Å². The SMILES string of the molecule is CO[C@H]1C([C@@]2(C)O[C@@H]2CC=C(C)C)[C@]2(CC[C@H]1OC(=O)N1CC(=Cc3ccc(C)nc3)C1)CO2. The predicted molar refractivity (Wildman–Crippen MR) is 128 cm³/mol. The van der Waals surface area contributed by atoms with E-state index in [1.54, 1.807) is 12.0 Å². The molecule has 1 aliphatic carbocycles. The molecule has 1 unspecified atom stereocenters. The second kappa shape index (κ2) is 8.77. The molecule has 5 rings (SSSR count). The van der Waals surface area contributed by atoms with Crippen LogP contribution in [0.3, 0.4) is 0 Å². The topological polar surface area (TPSA) is 76.7 Å². The van der Waals surface area contributed by atoms with E-state index in [0.717, 1.165) is 37.1 Å². The molecular weight excluding hydrogens is 432 g/mol. The first-order chi connectivity index (χ1) is 16.2. The number of hydrogen-bond donors (Lipinski definition) is 0. The molecule has 6 atom stereocenters. The summed E-state index contributed by atoms with van der Waals surface area (Å²) in [5, 5.41) is 0. The van der Waals surface area contributed by atoms with Crippen molar-refractivity contribution in [1.82, 2.24) is 9.88 Å². The monoisotopic (exact) mass is 468 g/mol. The number of carbonyl (C=O) groups excluding carboxylic acids is 1. The fourth-order valence-corrected chi connectivity index (χ4v) is 5.74. The minimum Gasteiger partial charge on any atom is -0.443 e. The molecular formula is C27H36N2O5. The summed E-state index contributed by atoms with van der Waals surface area (Å²) >= 11 is 0. The summed E-state index contributed by atoms with van der Waals surface area (Å²) in [6.07, 6.45) is 7.95. The van der Waals surface area contributed by atoms with Crippen LogP contribution in [0.2, 0.25) is 0 Å². The lowest BCUT2D eigenvalue weighted by atomic mass is 9.68. The van der Waals surface area contributed by atoms with Crippen LogP contribution in [-0.2, 0) is 18.9 Å². The maximum atomic E-state index is 12.9. The molecule has 0 N–H and O–H groups in total. The van der Waals surface area contributed by atoms with Gasteiger partial charge in [-0.3, -0.25) is 4.98 Å². The first-order valence-electron chi connectivity index (χ1n) is 12.3. The first kappa shape index (κ1) is 23.5. The van der Waals surface area contributed by atoms with E-state index < -0.39 is 0 Å². The van der Waals surface area contributed by atoms with Gasteiger partial charge in [-0.25, -0.2) is 4.79 Å². The first-order valence-corrected chi connectivity index (χ1v) is 12.3. The van der Waals surface area contributed by atoms with Gasteiger partial charge in [0.15, 0.2) is 0 Å². The van der Waals surface area contributed by atoms with Gasteiger partial charge in [0.25, 0.3) is 0 Å². The van der Waals surface area contributed by atoms with E-state index in [4.69, 9.17) is 18.9 Å². The van der Waals surface area contributed by atoms with Gasteiger partial charge in [0.05, 0.1) is 18.6 Å². The van der Waals surface area contributed by atoms with Gasteiger partial charge in [-0.1, -0.05) is 23.8 Å². The van der Waals surface area contributed by atoms with Gasteiger partial charge in [-0.2, -0.15) is 0 Å². The Hall–Kier alpha value is -2.22. The van der Waals surface area contributed by atoms with Crippen molar-refractivity contribution < 1.29 is 23.7 Å². The molecule has 4 heterocycles. The van der Waals surface area contributed by atoms with E-state index >= 15 is 0 Å². The molecule has 3 saturated heterocycles. The van der Waals surface area contributed by atoms with E-state index in [2.05, 4.69) is 37.9 Å². The molecule has 1 aromatic rings. The summed E-state index contributed by atoms with van der Waals surface area (Å²) in [5.74, 6) is 0.0352. The summed E-state index contributed by atoms with van der Waals surface area (Å²) in [6.45, 7) is 10.2. The van der Waals surface area contributed by atoms with Crippen LogP contribution < -0.4 is 0 Å². The number of methoxy groups -OCH3 is 1. The highest BCUT2D eigenvalue weighted by Gasteiger charge is 2.72. The fourth-order valence-electron chi connectivity index (χ4n) is 5.74. The number of nitrogens with zero attached hydrogens (tertiary/aromatic N) is 2. The Bertz CT molecular complexity index is 987. The number of pyridine rings is 1. The lowest BCUT2D eigenvalue weighted by Crippen LogP contribution is -2.57. The summed E-state index contributed by atoms with van der Waals surface area (Å²) in [7, 11) is 1.71. The zero-order valence-corrected chi connectivity index (χ0v) is 20.9. The third-order valence-corrected chi connectivity index (χ3v) is 7.84. The van der Waals surface area contributed by atoms with Gasteiger partial charge in [0.2, 0.25) is 0 Å². The quantitative estimate of drug-likeness (QED) is 0.458. The zero-order valence-electron chi connectivity index (χ0n) is 20.9. The van der Waals surface area contributed by atoms with Crippen molar-refractivity contribution in [3.8, 4) is 0 Å². The largest absolute Gasteiger partial charge is 0.443 e. The minimum absolute atomic E-state index is 0.0352. The normalized spacial score (nSPS) is 36.0. The molecule has 1 saturated carbocycles. The molecule has 184 valence electrons. The second-order valence-electron chi connectivity index (χ2n) is 10.7. The van der Waals surface area contributed by atoms with E-state index in [1.165, 1.54) is 11.1 Å². The van der Waals surface area contributed by atoms with Gasteiger partial charge >= 0.3 is 6.09 Å². The van der Waals surface area contributed by atoms with Crippen molar-refractivity contribution >= 4 is 12.2 Å². The van der Waals surface area contributed by atoms with Crippen molar-refractivity contribution in [3.63, 3.8) is 0 Å². The number of likely N-dealkylation sites (tertiary alicyclic amines) is 1. The van der Waals surface area contributed by atoms with E-state index in [1.807, 2.05) is 25.3 Å². The van der Waals surface area contributed by atoms with Gasteiger partial charge in [0.1, 0.15) is 23.4 Å². The Kier molecular flexibility index (Phi) is 6.07. The molecule has 7 nitrogen and oxygen atoms in total. The number of carbonyl (C=O) groups is 1. The van der Waals surface area contributed by atoms with Crippen molar-refractivity contribution in [3.05, 3.63) is 46.8 Å². The number of hydrogen-bond acceptors (Lipinski definition) is 6. The van der Waals surface area contributed by atoms with E-state index in [-0.39, 0.29) is 41.5 Å². The molecule has 4 aliphatic rings. The van der Waals surface area contributed by atoms with Crippen molar-refractivity contribution in [2.45, 2.75) is 76.5 Å². The molecule has 4 fully saturated rings. The maximum Gasteiger partial charge on any atom is 0.410 e. The zero-order chi connectivity index (χ0) is 24.1. The van der Waals surface area contributed by atoms with Crippen LogP contribution in [-0.4, -0.2) is 72.3 Å². The second-order valence-corrected chi connectivity index (χ2v) is 10.7. The Labute approximate surface area is 202 Å². The highest BCUT2D eigenvalue weighted by atomic mass is 16.6. The van der Waals surface area contributed by atoms with Gasteiger partial charge in [-0.05, 0) is 64.2 Å². The lowest BCUT2D eigenvalue weighted by molar-refractivity contribution is -0.122. The van der Waals surface area contributed by atoms with Crippen LogP contribution >= 0.6 is 0 Å². The highest BCUT2D eigenvalue weighted by Crippen LogP contribution is 2.59. The number of ether oxygens (including phenoxy) is 4. The van der Waals surface area contributed by atoms with Crippen LogP contribution in [0.4, 0.5) is 4.79 Å². The van der Waals surface area contributed by atoms with Crippen LogP contribution in [0, 0.1) is 12.8 Å².